The number of hydrogen-bond acceptors (Lipinski definition) is 3. The fourth-order valence-corrected chi connectivity index (χ4v) is 3.21. The molecule has 2 heterocycles. The Kier molecular flexibility index (Phi) is 4.99. The first-order valence-corrected chi connectivity index (χ1v) is 7.60. The van der Waals surface area contributed by atoms with Crippen molar-refractivity contribution in [1.82, 2.24) is 20.0 Å². The smallest absolute Gasteiger partial charge is 0.0537 e. The summed E-state index contributed by atoms with van der Waals surface area (Å²) >= 11 is 0. The van der Waals surface area contributed by atoms with Gasteiger partial charge in [-0.15, -0.1) is 0 Å². The van der Waals surface area contributed by atoms with Crippen LogP contribution >= 0.6 is 0 Å². The zero-order chi connectivity index (χ0) is 13.8. The third-order valence-electron chi connectivity index (χ3n) is 4.10. The molecule has 0 radical (unpaired) electrons. The molecule has 0 saturated carbocycles. The van der Waals surface area contributed by atoms with Gasteiger partial charge in [0.2, 0.25) is 0 Å². The van der Waals surface area contributed by atoms with Gasteiger partial charge in [0.15, 0.2) is 0 Å². The first-order chi connectivity index (χ1) is 9.17. The Hall–Kier alpha value is -0.870. The van der Waals surface area contributed by atoms with Crippen LogP contribution in [0, 0.1) is 5.92 Å². The topological polar surface area (TPSA) is 33.1 Å². The zero-order valence-electron chi connectivity index (χ0n) is 12.8. The predicted molar refractivity (Wildman–Crippen MR) is 79.3 cm³/mol. The summed E-state index contributed by atoms with van der Waals surface area (Å²) in [7, 11) is 2.05. The second-order valence-electron chi connectivity index (χ2n) is 5.93. The number of hydrogen-bond donors (Lipinski definition) is 1. The van der Waals surface area contributed by atoms with Gasteiger partial charge < -0.3 is 5.32 Å². The maximum atomic E-state index is 4.52. The first kappa shape index (κ1) is 14.5. The van der Waals surface area contributed by atoms with E-state index in [1.807, 2.05) is 0 Å². The van der Waals surface area contributed by atoms with Crippen LogP contribution in [-0.4, -0.2) is 41.4 Å². The van der Waals surface area contributed by atoms with E-state index in [0.29, 0.717) is 18.0 Å². The zero-order valence-corrected chi connectivity index (χ0v) is 12.8. The minimum absolute atomic E-state index is 0.442. The van der Waals surface area contributed by atoms with Crippen molar-refractivity contribution in [1.29, 1.82) is 0 Å². The molecule has 1 N–H and O–H groups in total. The van der Waals surface area contributed by atoms with E-state index in [9.17, 15) is 0 Å². The number of nitrogens with zero attached hydrogens (tertiary/aromatic N) is 3. The molecular weight excluding hydrogens is 236 g/mol. The van der Waals surface area contributed by atoms with E-state index in [-0.39, 0.29) is 0 Å². The lowest BCUT2D eigenvalue weighted by atomic mass is 9.95. The van der Waals surface area contributed by atoms with Crippen LogP contribution in [-0.2, 0) is 0 Å². The molecule has 0 spiro atoms. The molecule has 1 saturated heterocycles. The maximum absolute atomic E-state index is 4.52. The van der Waals surface area contributed by atoms with E-state index in [0.717, 1.165) is 6.54 Å². The summed E-state index contributed by atoms with van der Waals surface area (Å²) in [5.74, 6) is 0.710. The molecule has 4 heteroatoms. The average molecular weight is 264 g/mol. The first-order valence-electron chi connectivity index (χ1n) is 7.60. The van der Waals surface area contributed by atoms with E-state index in [4.69, 9.17) is 0 Å². The van der Waals surface area contributed by atoms with Crippen LogP contribution in [0.15, 0.2) is 12.4 Å². The Labute approximate surface area is 117 Å². The lowest BCUT2D eigenvalue weighted by Gasteiger charge is -2.27. The molecule has 1 aliphatic rings. The summed E-state index contributed by atoms with van der Waals surface area (Å²) in [6.45, 7) is 10.1. The molecule has 0 amide bonds. The van der Waals surface area contributed by atoms with Crippen LogP contribution in [0.1, 0.15) is 51.3 Å². The average Bonchev–Trinajstić information content (AvgIpc) is 2.97. The van der Waals surface area contributed by atoms with Crippen molar-refractivity contribution in [2.45, 2.75) is 45.7 Å². The summed E-state index contributed by atoms with van der Waals surface area (Å²) in [4.78, 5) is 2.63. The van der Waals surface area contributed by atoms with Gasteiger partial charge in [-0.3, -0.25) is 9.58 Å². The van der Waals surface area contributed by atoms with Crippen molar-refractivity contribution in [3.8, 4) is 0 Å². The number of nitrogens with one attached hydrogen (secondary N) is 1. The number of rotatable bonds is 6. The van der Waals surface area contributed by atoms with Gasteiger partial charge in [-0.25, -0.2) is 0 Å². The van der Waals surface area contributed by atoms with E-state index in [1.54, 1.807) is 0 Å². The van der Waals surface area contributed by atoms with Crippen LogP contribution in [0.3, 0.4) is 0 Å². The quantitative estimate of drug-likeness (QED) is 0.857. The highest BCUT2D eigenvalue weighted by atomic mass is 15.3. The lowest BCUT2D eigenvalue weighted by Crippen LogP contribution is -2.29. The van der Waals surface area contributed by atoms with Gasteiger partial charge in [0.25, 0.3) is 0 Å². The van der Waals surface area contributed by atoms with Crippen LogP contribution in [0.5, 0.6) is 0 Å². The fourth-order valence-electron chi connectivity index (χ4n) is 3.21. The summed E-state index contributed by atoms with van der Waals surface area (Å²) in [6.07, 6.45) is 6.83. The van der Waals surface area contributed by atoms with Gasteiger partial charge in [-0.2, -0.15) is 5.10 Å². The molecule has 2 rings (SSSR count). The Morgan fingerprint density at radius 3 is 2.84 bits per heavy atom. The van der Waals surface area contributed by atoms with E-state index in [1.165, 1.54) is 31.5 Å². The van der Waals surface area contributed by atoms with Gasteiger partial charge in [0.1, 0.15) is 0 Å². The molecule has 1 aromatic rings. The Bertz CT molecular complexity index is 371. The Morgan fingerprint density at radius 2 is 2.26 bits per heavy atom. The van der Waals surface area contributed by atoms with Crippen molar-refractivity contribution in [2.24, 2.45) is 5.92 Å². The van der Waals surface area contributed by atoms with Gasteiger partial charge in [-0.05, 0) is 59.3 Å². The molecule has 19 heavy (non-hydrogen) atoms. The van der Waals surface area contributed by atoms with Crippen LogP contribution in [0.25, 0.3) is 0 Å². The molecule has 0 aromatic carbocycles. The van der Waals surface area contributed by atoms with Crippen molar-refractivity contribution in [2.75, 3.05) is 26.7 Å². The van der Waals surface area contributed by atoms with Gasteiger partial charge in [0.05, 0.1) is 6.20 Å². The summed E-state index contributed by atoms with van der Waals surface area (Å²) in [6, 6.07) is 0.984. The molecule has 1 aliphatic heterocycles. The molecule has 0 bridgehead atoms. The van der Waals surface area contributed by atoms with Crippen molar-refractivity contribution in [3.63, 3.8) is 0 Å². The van der Waals surface area contributed by atoms with Gasteiger partial charge >= 0.3 is 0 Å². The third-order valence-corrected chi connectivity index (χ3v) is 4.10. The predicted octanol–water partition coefficient (Wildman–Crippen LogP) is 2.46. The second kappa shape index (κ2) is 6.53. The van der Waals surface area contributed by atoms with Gasteiger partial charge in [-0.1, -0.05) is 6.92 Å². The lowest BCUT2D eigenvalue weighted by molar-refractivity contribution is 0.227. The highest BCUT2D eigenvalue weighted by Crippen LogP contribution is 2.36. The normalized spacial score (nSPS) is 24.5. The minimum atomic E-state index is 0.442. The van der Waals surface area contributed by atoms with E-state index in [2.05, 4.69) is 60.2 Å². The Morgan fingerprint density at radius 1 is 1.47 bits per heavy atom. The monoisotopic (exact) mass is 264 g/mol. The highest BCUT2D eigenvalue weighted by Gasteiger charge is 2.34. The molecule has 2 unspecified atom stereocenters. The summed E-state index contributed by atoms with van der Waals surface area (Å²) in [5, 5.41) is 7.87. The van der Waals surface area contributed by atoms with Gasteiger partial charge in [0, 0.05) is 23.8 Å². The molecule has 4 nitrogen and oxygen atoms in total. The van der Waals surface area contributed by atoms with Crippen molar-refractivity contribution in [3.05, 3.63) is 18.0 Å². The van der Waals surface area contributed by atoms with Crippen molar-refractivity contribution < 1.29 is 0 Å². The molecule has 108 valence electrons. The Balaban J connectivity index is 2.18. The largest absolute Gasteiger partial charge is 0.319 e. The fraction of sp³-hybridized carbons (Fsp3) is 0.800. The molecule has 1 fully saturated rings. The number of aromatic nitrogens is 2. The third kappa shape index (κ3) is 3.18. The molecular formula is C15H28N4. The minimum Gasteiger partial charge on any atom is -0.319 e. The number of likely N-dealkylation sites (tertiary alicyclic amines) is 1. The van der Waals surface area contributed by atoms with E-state index >= 15 is 0 Å². The second-order valence-corrected chi connectivity index (χ2v) is 5.93. The molecule has 0 aliphatic carbocycles. The van der Waals surface area contributed by atoms with Crippen LogP contribution in [0.4, 0.5) is 0 Å². The van der Waals surface area contributed by atoms with Crippen molar-refractivity contribution >= 4 is 0 Å². The highest BCUT2D eigenvalue weighted by molar-refractivity contribution is 5.15. The molecule has 1 aromatic heterocycles. The summed E-state index contributed by atoms with van der Waals surface area (Å²) < 4.78 is 2.08. The summed E-state index contributed by atoms with van der Waals surface area (Å²) in [5.41, 5.74) is 1.39. The standard InChI is InChI=1S/C15H28N4/c1-5-7-18-8-6-13(9-16-4)15(18)14-10-17-19(11-14)12(2)3/h10-13,15-16H,5-9H2,1-4H3. The maximum Gasteiger partial charge on any atom is 0.0537 e. The van der Waals surface area contributed by atoms with Crippen LogP contribution < -0.4 is 5.32 Å². The molecule has 2 atom stereocenters. The SMILES string of the molecule is CCCN1CCC(CNC)C1c1cnn(C(C)C)c1. The van der Waals surface area contributed by atoms with E-state index < -0.39 is 0 Å². The van der Waals surface area contributed by atoms with Crippen LogP contribution in [0.2, 0.25) is 0 Å².